The number of imidazole rings is 1. The van der Waals surface area contributed by atoms with Gasteiger partial charge in [0.25, 0.3) is 0 Å². The second kappa shape index (κ2) is 7.11. The molecule has 1 saturated heterocycles. The summed E-state index contributed by atoms with van der Waals surface area (Å²) in [7, 11) is 2.26. The van der Waals surface area contributed by atoms with E-state index in [1.165, 1.54) is 17.1 Å². The predicted molar refractivity (Wildman–Crippen MR) is 109 cm³/mol. The van der Waals surface area contributed by atoms with Crippen LogP contribution in [0.25, 0.3) is 11.3 Å². The van der Waals surface area contributed by atoms with Gasteiger partial charge in [-0.15, -0.1) is 0 Å². The molecule has 2 aliphatic rings. The van der Waals surface area contributed by atoms with Gasteiger partial charge < -0.3 is 4.57 Å². The third-order valence-corrected chi connectivity index (χ3v) is 6.46. The minimum Gasteiger partial charge on any atom is -0.325 e. The highest BCUT2D eigenvalue weighted by Crippen LogP contribution is 2.41. The number of piperidine rings is 1. The number of aromatic nitrogens is 4. The fraction of sp³-hybridized carbons (Fsp3) is 0.409. The molecule has 0 saturated carbocycles. The molecule has 0 amide bonds. The lowest BCUT2D eigenvalue weighted by molar-refractivity contribution is 0.00700. The van der Waals surface area contributed by atoms with Gasteiger partial charge in [-0.2, -0.15) is 0 Å². The maximum Gasteiger partial charge on any atom is 0.129 e. The third-order valence-electron chi connectivity index (χ3n) is 6.46. The van der Waals surface area contributed by atoms with Crippen LogP contribution < -0.4 is 0 Å². The summed E-state index contributed by atoms with van der Waals surface area (Å²) in [6.45, 7) is 5.21. The van der Waals surface area contributed by atoms with Crippen molar-refractivity contribution < 1.29 is 0 Å². The highest BCUT2D eigenvalue weighted by Gasteiger charge is 2.45. The van der Waals surface area contributed by atoms with Crippen LogP contribution in [0.1, 0.15) is 24.2 Å². The molecule has 0 aromatic carbocycles. The fourth-order valence-corrected chi connectivity index (χ4v) is 4.79. The topological polar surface area (TPSA) is 50.1 Å². The normalized spacial score (nSPS) is 19.6. The van der Waals surface area contributed by atoms with Crippen molar-refractivity contribution in [3.05, 3.63) is 66.6 Å². The zero-order valence-electron chi connectivity index (χ0n) is 16.3. The number of hydrogen-bond donors (Lipinski definition) is 0. The maximum atomic E-state index is 4.94. The summed E-state index contributed by atoms with van der Waals surface area (Å²) >= 11 is 0. The molecule has 0 N–H and O–H groups in total. The van der Waals surface area contributed by atoms with Crippen molar-refractivity contribution in [1.82, 2.24) is 29.3 Å². The highest BCUT2D eigenvalue weighted by molar-refractivity contribution is 5.58. The van der Waals surface area contributed by atoms with Crippen LogP contribution in [0, 0.1) is 0 Å². The van der Waals surface area contributed by atoms with Crippen molar-refractivity contribution in [2.75, 3.05) is 26.7 Å². The molecule has 1 fully saturated rings. The van der Waals surface area contributed by atoms with E-state index in [9.17, 15) is 0 Å². The van der Waals surface area contributed by atoms with Crippen molar-refractivity contribution in [1.29, 1.82) is 0 Å². The van der Waals surface area contributed by atoms with E-state index in [0.29, 0.717) is 0 Å². The molecule has 0 unspecified atom stereocenters. The van der Waals surface area contributed by atoms with Crippen molar-refractivity contribution in [2.24, 2.45) is 0 Å². The van der Waals surface area contributed by atoms with Gasteiger partial charge >= 0.3 is 0 Å². The molecule has 3 aromatic heterocycles. The molecule has 0 atom stereocenters. The molecule has 28 heavy (non-hydrogen) atoms. The minimum atomic E-state index is 0.0352. The number of nitrogens with zero attached hydrogens (tertiary/aromatic N) is 6. The van der Waals surface area contributed by atoms with Gasteiger partial charge in [-0.05, 0) is 49.7 Å². The number of pyridine rings is 2. The van der Waals surface area contributed by atoms with Crippen molar-refractivity contribution in [3.63, 3.8) is 0 Å². The van der Waals surface area contributed by atoms with E-state index < -0.39 is 0 Å². The van der Waals surface area contributed by atoms with Crippen molar-refractivity contribution >= 4 is 0 Å². The Balaban J connectivity index is 1.40. The van der Waals surface area contributed by atoms with Gasteiger partial charge in [0.15, 0.2) is 0 Å². The van der Waals surface area contributed by atoms with E-state index in [1.807, 2.05) is 37.1 Å². The Hall–Kier alpha value is -2.57. The average molecular weight is 374 g/mol. The number of rotatable bonds is 3. The number of hydrogen-bond acceptors (Lipinski definition) is 5. The fourth-order valence-electron chi connectivity index (χ4n) is 4.79. The third kappa shape index (κ3) is 2.93. The number of likely N-dealkylation sites (tertiary alicyclic amines) is 1. The maximum absolute atomic E-state index is 4.94. The molecule has 1 spiro atoms. The Morgan fingerprint density at radius 3 is 2.50 bits per heavy atom. The first kappa shape index (κ1) is 17.5. The first-order chi connectivity index (χ1) is 13.8. The van der Waals surface area contributed by atoms with E-state index in [0.717, 1.165) is 51.1 Å². The standard InChI is InChI=1S/C22H26N6/c1-26-13-14-28-20(19-3-2-8-24-15-19)16-25-21(28)22(26)6-11-27(12-7-22)17-18-4-9-23-10-5-18/h2-5,8-10,15-16H,6-7,11-14,17H2,1H3. The zero-order valence-corrected chi connectivity index (χ0v) is 16.3. The number of fused-ring (bicyclic) bond motifs is 2. The molecule has 0 aliphatic carbocycles. The summed E-state index contributed by atoms with van der Waals surface area (Å²) in [6.07, 6.45) is 11.8. The van der Waals surface area contributed by atoms with Gasteiger partial charge in [0.2, 0.25) is 0 Å². The summed E-state index contributed by atoms with van der Waals surface area (Å²) in [5.41, 5.74) is 3.71. The lowest BCUT2D eigenvalue weighted by Gasteiger charge is -2.49. The van der Waals surface area contributed by atoms with Crippen LogP contribution in [0.4, 0.5) is 0 Å². The second-order valence-electron chi connectivity index (χ2n) is 7.95. The van der Waals surface area contributed by atoms with Crippen LogP contribution in [-0.2, 0) is 18.6 Å². The Morgan fingerprint density at radius 1 is 0.929 bits per heavy atom. The van der Waals surface area contributed by atoms with Gasteiger partial charge in [0, 0.05) is 63.1 Å². The SMILES string of the molecule is CN1CCn2c(-c3cccnc3)cnc2C12CCN(Cc1ccncc1)CC2. The Morgan fingerprint density at radius 2 is 1.75 bits per heavy atom. The van der Waals surface area contributed by atoms with Gasteiger partial charge in [-0.3, -0.25) is 19.8 Å². The molecular weight excluding hydrogens is 348 g/mol. The number of likely N-dealkylation sites (N-methyl/N-ethyl adjacent to an activating group) is 1. The van der Waals surface area contributed by atoms with E-state index >= 15 is 0 Å². The largest absolute Gasteiger partial charge is 0.325 e. The lowest BCUT2D eigenvalue weighted by atomic mass is 9.83. The zero-order chi connectivity index (χ0) is 19.0. The smallest absolute Gasteiger partial charge is 0.129 e. The van der Waals surface area contributed by atoms with Crippen LogP contribution in [0.5, 0.6) is 0 Å². The van der Waals surface area contributed by atoms with Crippen LogP contribution in [0.2, 0.25) is 0 Å². The lowest BCUT2D eigenvalue weighted by Crippen LogP contribution is -2.56. The predicted octanol–water partition coefficient (Wildman–Crippen LogP) is 2.78. The molecule has 0 bridgehead atoms. The summed E-state index contributed by atoms with van der Waals surface area (Å²) < 4.78 is 2.43. The average Bonchev–Trinajstić information content (AvgIpc) is 3.19. The van der Waals surface area contributed by atoms with Gasteiger partial charge in [-0.25, -0.2) is 4.98 Å². The van der Waals surface area contributed by atoms with Crippen LogP contribution in [-0.4, -0.2) is 56.0 Å². The van der Waals surface area contributed by atoms with Crippen LogP contribution in [0.15, 0.2) is 55.2 Å². The quantitative estimate of drug-likeness (QED) is 0.706. The second-order valence-corrected chi connectivity index (χ2v) is 7.95. The minimum absolute atomic E-state index is 0.0352. The summed E-state index contributed by atoms with van der Waals surface area (Å²) in [6, 6.07) is 8.35. The molecule has 5 rings (SSSR count). The van der Waals surface area contributed by atoms with Crippen molar-refractivity contribution in [2.45, 2.75) is 31.5 Å². The highest BCUT2D eigenvalue weighted by atomic mass is 15.3. The summed E-state index contributed by atoms with van der Waals surface area (Å²) in [5, 5.41) is 0. The van der Waals surface area contributed by atoms with Gasteiger partial charge in [-0.1, -0.05) is 0 Å². The first-order valence-electron chi connectivity index (χ1n) is 10.1. The molecule has 3 aromatic rings. The summed E-state index contributed by atoms with van der Waals surface area (Å²) in [5.74, 6) is 1.23. The Bertz CT molecular complexity index is 928. The molecule has 5 heterocycles. The Labute approximate surface area is 165 Å². The van der Waals surface area contributed by atoms with E-state index in [2.05, 4.69) is 49.6 Å². The van der Waals surface area contributed by atoms with E-state index in [1.54, 1.807) is 0 Å². The van der Waals surface area contributed by atoms with Crippen LogP contribution >= 0.6 is 0 Å². The molecule has 6 heteroatoms. The Kier molecular flexibility index (Phi) is 4.45. The molecule has 0 radical (unpaired) electrons. The van der Waals surface area contributed by atoms with Crippen molar-refractivity contribution in [3.8, 4) is 11.3 Å². The van der Waals surface area contributed by atoms with Gasteiger partial charge in [0.1, 0.15) is 5.82 Å². The molecule has 144 valence electrons. The van der Waals surface area contributed by atoms with E-state index in [4.69, 9.17) is 4.98 Å². The molecule has 2 aliphatic heterocycles. The van der Waals surface area contributed by atoms with Crippen LogP contribution in [0.3, 0.4) is 0 Å². The molecule has 6 nitrogen and oxygen atoms in total. The monoisotopic (exact) mass is 374 g/mol. The molecular formula is C22H26N6. The summed E-state index contributed by atoms with van der Waals surface area (Å²) in [4.78, 5) is 18.4. The van der Waals surface area contributed by atoms with E-state index in [-0.39, 0.29) is 5.54 Å². The first-order valence-corrected chi connectivity index (χ1v) is 10.1. The van der Waals surface area contributed by atoms with Gasteiger partial charge in [0.05, 0.1) is 17.4 Å².